The molecule has 120 valence electrons. The van der Waals surface area contributed by atoms with Gasteiger partial charge in [0.1, 0.15) is 0 Å². The number of fused-ring (bicyclic) bond motifs is 3. The van der Waals surface area contributed by atoms with Gasteiger partial charge < -0.3 is 0 Å². The second kappa shape index (κ2) is 5.95. The van der Waals surface area contributed by atoms with Crippen molar-refractivity contribution in [2.45, 2.75) is 77.9 Å². The van der Waals surface area contributed by atoms with Crippen LogP contribution in [0.1, 0.15) is 72.6 Å². The zero-order valence-electron chi connectivity index (χ0n) is 14.4. The van der Waals surface area contributed by atoms with Crippen LogP contribution in [0, 0.1) is 35.0 Å². The molecule has 7 unspecified atom stereocenters. The molecule has 3 aliphatic rings. The molecular weight excluding hydrogens is 272 g/mol. The molecule has 0 N–H and O–H groups in total. The highest BCUT2D eigenvalue weighted by atomic mass is 32.1. The highest BCUT2D eigenvalue weighted by Crippen LogP contribution is 2.60. The van der Waals surface area contributed by atoms with E-state index in [9.17, 15) is 0 Å². The molecule has 0 spiro atoms. The van der Waals surface area contributed by atoms with Crippen LogP contribution in [-0.2, 0) is 0 Å². The minimum Gasteiger partial charge on any atom is -0.176 e. The Kier molecular flexibility index (Phi) is 4.52. The molecule has 0 aromatic heterocycles. The highest BCUT2D eigenvalue weighted by molar-refractivity contribution is 7.81. The van der Waals surface area contributed by atoms with E-state index < -0.39 is 0 Å². The molecule has 21 heavy (non-hydrogen) atoms. The van der Waals surface area contributed by atoms with Gasteiger partial charge in [-0.05, 0) is 86.9 Å². The van der Waals surface area contributed by atoms with Gasteiger partial charge in [0.2, 0.25) is 0 Å². The number of hydrogen-bond donors (Lipinski definition) is 1. The first-order valence-electron chi connectivity index (χ1n) is 9.25. The summed E-state index contributed by atoms with van der Waals surface area (Å²) in [5.41, 5.74) is 2.25. The molecule has 3 rings (SSSR count). The van der Waals surface area contributed by atoms with Crippen LogP contribution < -0.4 is 0 Å². The van der Waals surface area contributed by atoms with Gasteiger partial charge in [-0.2, -0.15) is 12.6 Å². The van der Waals surface area contributed by atoms with Gasteiger partial charge in [-0.15, -0.1) is 0 Å². The van der Waals surface area contributed by atoms with Crippen molar-refractivity contribution in [3.8, 4) is 0 Å². The summed E-state index contributed by atoms with van der Waals surface area (Å²) in [4.78, 5) is 0. The van der Waals surface area contributed by atoms with Crippen molar-refractivity contribution in [2.24, 2.45) is 35.0 Å². The topological polar surface area (TPSA) is 0 Å². The van der Waals surface area contributed by atoms with E-state index >= 15 is 0 Å². The summed E-state index contributed by atoms with van der Waals surface area (Å²) in [6.07, 6.45) is 12.3. The maximum Gasteiger partial charge on any atom is 0.00505 e. The smallest absolute Gasteiger partial charge is 0.00505 e. The van der Waals surface area contributed by atoms with Gasteiger partial charge in [-0.3, -0.25) is 0 Å². The van der Waals surface area contributed by atoms with E-state index in [0.717, 1.165) is 29.6 Å². The quantitative estimate of drug-likeness (QED) is 0.404. The van der Waals surface area contributed by atoms with Crippen molar-refractivity contribution in [3.63, 3.8) is 0 Å². The zero-order chi connectivity index (χ0) is 15.2. The fraction of sp³-hybridized carbons (Fsp3) is 0.900. The Bertz CT molecular complexity index is 412. The molecule has 0 radical (unpaired) electrons. The summed E-state index contributed by atoms with van der Waals surface area (Å²) in [6.45, 7) is 9.89. The summed E-state index contributed by atoms with van der Waals surface area (Å²) < 4.78 is 0. The predicted molar refractivity (Wildman–Crippen MR) is 95.8 cm³/mol. The van der Waals surface area contributed by atoms with Crippen molar-refractivity contribution in [3.05, 3.63) is 11.6 Å². The van der Waals surface area contributed by atoms with Gasteiger partial charge in [0, 0.05) is 5.25 Å². The van der Waals surface area contributed by atoms with E-state index in [-0.39, 0.29) is 0 Å². The lowest BCUT2D eigenvalue weighted by molar-refractivity contribution is 0.0160. The summed E-state index contributed by atoms with van der Waals surface area (Å²) >= 11 is 5.09. The fourth-order valence-electron chi connectivity index (χ4n) is 6.04. The molecule has 0 amide bonds. The molecule has 0 aliphatic heterocycles. The monoisotopic (exact) mass is 306 g/mol. The Balaban J connectivity index is 1.89. The first-order valence-corrected chi connectivity index (χ1v) is 9.77. The first-order chi connectivity index (χ1) is 9.91. The third kappa shape index (κ3) is 2.84. The van der Waals surface area contributed by atoms with E-state index in [1.54, 1.807) is 5.57 Å². The Morgan fingerprint density at radius 3 is 2.67 bits per heavy atom. The van der Waals surface area contributed by atoms with Gasteiger partial charge in [0.15, 0.2) is 0 Å². The van der Waals surface area contributed by atoms with Crippen LogP contribution in [0.15, 0.2) is 11.6 Å². The van der Waals surface area contributed by atoms with Gasteiger partial charge in [0.05, 0.1) is 0 Å². The zero-order valence-corrected chi connectivity index (χ0v) is 15.3. The number of hydrogen-bond acceptors (Lipinski definition) is 1. The van der Waals surface area contributed by atoms with E-state index in [0.29, 0.717) is 10.7 Å². The molecule has 7 atom stereocenters. The fourth-order valence-corrected chi connectivity index (χ4v) is 6.77. The van der Waals surface area contributed by atoms with Gasteiger partial charge in [-0.25, -0.2) is 0 Å². The van der Waals surface area contributed by atoms with Crippen LogP contribution in [0.5, 0.6) is 0 Å². The SMILES string of the molecule is C/C1=C\CC2C(CCC3(C)C(C)CCC23)C(S)CC(C)C1. The standard InChI is InChI=1S/C20H34S/c1-13-5-7-16-17(19(21)12-14(2)11-13)9-10-20(4)15(3)6-8-18(16)20/h5,14-19,21H,6-12H2,1-4H3/b13-5+. The van der Waals surface area contributed by atoms with Crippen LogP contribution in [0.3, 0.4) is 0 Å². The van der Waals surface area contributed by atoms with Crippen LogP contribution >= 0.6 is 12.6 Å². The largest absolute Gasteiger partial charge is 0.176 e. The number of allylic oxidation sites excluding steroid dienone is 2. The minimum absolute atomic E-state index is 0.621. The average Bonchev–Trinajstić information content (AvgIpc) is 2.73. The van der Waals surface area contributed by atoms with E-state index in [4.69, 9.17) is 12.6 Å². The van der Waals surface area contributed by atoms with Crippen LogP contribution in [-0.4, -0.2) is 5.25 Å². The third-order valence-corrected chi connectivity index (χ3v) is 8.11. The van der Waals surface area contributed by atoms with E-state index in [1.165, 1.54) is 44.9 Å². The normalized spacial score (nSPS) is 53.7. The van der Waals surface area contributed by atoms with Gasteiger partial charge in [0.25, 0.3) is 0 Å². The Labute approximate surface area is 137 Å². The second-order valence-electron chi connectivity index (χ2n) is 8.86. The maximum atomic E-state index is 5.09. The van der Waals surface area contributed by atoms with Gasteiger partial charge >= 0.3 is 0 Å². The van der Waals surface area contributed by atoms with Crippen LogP contribution in [0.25, 0.3) is 0 Å². The van der Waals surface area contributed by atoms with Crippen molar-refractivity contribution < 1.29 is 0 Å². The molecule has 2 saturated carbocycles. The molecule has 0 heterocycles. The molecular formula is C20H34S. The van der Waals surface area contributed by atoms with Crippen LogP contribution in [0.2, 0.25) is 0 Å². The predicted octanol–water partition coefficient (Wildman–Crippen LogP) is 6.13. The molecule has 1 heteroatoms. The van der Waals surface area contributed by atoms with Crippen LogP contribution in [0.4, 0.5) is 0 Å². The third-order valence-electron chi connectivity index (χ3n) is 7.51. The Morgan fingerprint density at radius 2 is 1.90 bits per heavy atom. The minimum atomic E-state index is 0.621. The lowest BCUT2D eigenvalue weighted by Crippen LogP contribution is -2.43. The molecule has 0 aromatic carbocycles. The van der Waals surface area contributed by atoms with Crippen molar-refractivity contribution in [2.75, 3.05) is 0 Å². The average molecular weight is 307 g/mol. The lowest BCUT2D eigenvalue weighted by atomic mass is 9.57. The van der Waals surface area contributed by atoms with Crippen molar-refractivity contribution in [1.82, 2.24) is 0 Å². The van der Waals surface area contributed by atoms with Gasteiger partial charge in [-0.1, -0.05) is 32.4 Å². The Hall–Kier alpha value is 0.0900. The molecule has 0 saturated heterocycles. The molecule has 3 aliphatic carbocycles. The Morgan fingerprint density at radius 1 is 1.14 bits per heavy atom. The number of rotatable bonds is 0. The lowest BCUT2D eigenvalue weighted by Gasteiger charge is -2.49. The van der Waals surface area contributed by atoms with E-state index in [2.05, 4.69) is 33.8 Å². The molecule has 0 bridgehead atoms. The molecule has 0 nitrogen and oxygen atoms in total. The summed E-state index contributed by atoms with van der Waals surface area (Å²) in [5, 5.41) is 0.629. The van der Waals surface area contributed by atoms with Crippen molar-refractivity contribution >= 4 is 12.6 Å². The molecule has 2 fully saturated rings. The summed E-state index contributed by atoms with van der Waals surface area (Å²) in [6, 6.07) is 0. The van der Waals surface area contributed by atoms with Crippen molar-refractivity contribution in [1.29, 1.82) is 0 Å². The summed E-state index contributed by atoms with van der Waals surface area (Å²) in [7, 11) is 0. The maximum absolute atomic E-state index is 5.09. The van der Waals surface area contributed by atoms with E-state index in [1.807, 2.05) is 0 Å². The second-order valence-corrected chi connectivity index (χ2v) is 9.52. The number of thiol groups is 1. The molecule has 0 aromatic rings. The highest BCUT2D eigenvalue weighted by Gasteiger charge is 2.52. The first kappa shape index (κ1) is 16.0. The summed E-state index contributed by atoms with van der Waals surface area (Å²) in [5.74, 6) is 4.45.